The number of hydrogen-bond donors (Lipinski definition) is 3. The van der Waals surface area contributed by atoms with Gasteiger partial charge in [0, 0.05) is 7.05 Å². The quantitative estimate of drug-likeness (QED) is 0.277. The number of thioether (sulfide) groups is 1. The Bertz CT molecular complexity index is 211. The van der Waals surface area contributed by atoms with Gasteiger partial charge in [0.2, 0.25) is 5.16 Å². The molecule has 1 rings (SSSR count). The topological polar surface area (TPSA) is 95.6 Å². The number of rotatable bonds is 1. The van der Waals surface area contributed by atoms with Gasteiger partial charge in [-0.25, -0.2) is 4.68 Å². The summed E-state index contributed by atoms with van der Waals surface area (Å²) in [5, 5.41) is 12.1. The molecule has 0 amide bonds. The van der Waals surface area contributed by atoms with Crippen LogP contribution in [0.3, 0.4) is 0 Å². The molecule has 1 aromatic rings. The Morgan fingerprint density at radius 3 is 2.00 bits per heavy atom. The monoisotopic (exact) mass is 238 g/mol. The predicted octanol–water partition coefficient (Wildman–Crippen LogP) is 0.0754. The second-order valence-electron chi connectivity index (χ2n) is 2.38. The average Bonchev–Trinajstić information content (AvgIpc) is 2.53. The molecule has 1 aromatic heterocycles. The molecule has 0 aliphatic heterocycles. The molecule has 0 aromatic carbocycles. The van der Waals surface area contributed by atoms with E-state index in [1.165, 1.54) is 11.8 Å². The minimum absolute atomic E-state index is 0.528. The maximum atomic E-state index is 4.00. The molecule has 0 saturated carbocycles. The van der Waals surface area contributed by atoms with Crippen molar-refractivity contribution in [2.75, 3.05) is 6.26 Å². The molecule has 84 valence electrons. The summed E-state index contributed by atoms with van der Waals surface area (Å²) < 4.78 is 1.63. The summed E-state index contributed by atoms with van der Waals surface area (Å²) in [6, 6.07) is 0. The molecule has 1 heterocycles. The molecule has 0 saturated heterocycles. The first-order valence-corrected chi connectivity index (χ1v) is 5.59. The van der Waals surface area contributed by atoms with Crippen LogP contribution in [-0.4, -0.2) is 31.7 Å². The van der Waals surface area contributed by atoms with Gasteiger partial charge in [0.15, 0.2) is 0 Å². The Hall–Kier alpha value is -0.310. The Morgan fingerprint density at radius 1 is 1.43 bits per heavy atom. The van der Waals surface area contributed by atoms with Crippen LogP contribution in [0.5, 0.6) is 0 Å². The number of thiol groups is 1. The lowest BCUT2D eigenvalue weighted by molar-refractivity contribution is 0.665. The minimum atomic E-state index is 0.528. The van der Waals surface area contributed by atoms with Gasteiger partial charge in [0.1, 0.15) is 0 Å². The third-order valence-electron chi connectivity index (χ3n) is 0.764. The summed E-state index contributed by atoms with van der Waals surface area (Å²) in [4.78, 5) is 0. The fraction of sp³-hybridized carbons (Fsp3) is 0.833. The number of aromatic nitrogens is 4. The zero-order chi connectivity index (χ0) is 11.6. The predicted molar refractivity (Wildman–Crippen MR) is 63.1 cm³/mol. The lowest BCUT2D eigenvalue weighted by Crippen LogP contribution is -2.02. The van der Waals surface area contributed by atoms with E-state index in [0.717, 1.165) is 5.16 Å². The largest absolute Gasteiger partial charge is 0.274 e. The average molecular weight is 238 g/mol. The molecule has 0 atom stereocenters. The SMILES string of the molecule is CC(C)S.CSc1nnnn1C.NN. The van der Waals surface area contributed by atoms with E-state index >= 15 is 0 Å². The second-order valence-corrected chi connectivity index (χ2v) is 4.19. The van der Waals surface area contributed by atoms with Crippen molar-refractivity contribution in [2.24, 2.45) is 18.7 Å². The van der Waals surface area contributed by atoms with Gasteiger partial charge in [-0.15, -0.1) is 5.10 Å². The summed E-state index contributed by atoms with van der Waals surface area (Å²) in [7, 11) is 1.81. The highest BCUT2D eigenvalue weighted by Crippen LogP contribution is 2.04. The summed E-state index contributed by atoms with van der Waals surface area (Å²) in [5.74, 6) is 8.00. The standard InChI is InChI=1S/C3H6N4S.C3H8S.H4N2/c1-7-3(8-2)4-5-6-7;1-3(2)4;1-2/h1-2H3;3-4H,1-2H3;1-2H2. The van der Waals surface area contributed by atoms with Crippen LogP contribution >= 0.6 is 24.4 Å². The van der Waals surface area contributed by atoms with E-state index in [9.17, 15) is 0 Å². The first kappa shape index (κ1) is 16.1. The van der Waals surface area contributed by atoms with Crippen LogP contribution in [0.15, 0.2) is 5.16 Å². The van der Waals surface area contributed by atoms with E-state index in [1.54, 1.807) is 4.68 Å². The smallest absolute Gasteiger partial charge is 0.208 e. The molecular weight excluding hydrogens is 220 g/mol. The summed E-state index contributed by atoms with van der Waals surface area (Å²) in [6.07, 6.45) is 1.94. The van der Waals surface area contributed by atoms with E-state index in [-0.39, 0.29) is 0 Å². The highest BCUT2D eigenvalue weighted by Gasteiger charge is 1.95. The molecule has 0 spiro atoms. The normalized spacial score (nSPS) is 8.57. The van der Waals surface area contributed by atoms with E-state index in [2.05, 4.69) is 39.8 Å². The summed E-state index contributed by atoms with van der Waals surface area (Å²) in [6.45, 7) is 4.06. The van der Waals surface area contributed by atoms with Gasteiger partial charge in [0.05, 0.1) is 0 Å². The molecule has 0 aliphatic rings. The molecule has 0 bridgehead atoms. The van der Waals surface area contributed by atoms with Gasteiger partial charge in [0.25, 0.3) is 0 Å². The van der Waals surface area contributed by atoms with Crippen LogP contribution in [0.2, 0.25) is 0 Å². The second kappa shape index (κ2) is 10.8. The van der Waals surface area contributed by atoms with Gasteiger partial charge in [-0.3, -0.25) is 11.7 Å². The Morgan fingerprint density at radius 2 is 1.86 bits per heavy atom. The number of nitrogens with zero attached hydrogens (tertiary/aromatic N) is 4. The summed E-state index contributed by atoms with van der Waals surface area (Å²) in [5.41, 5.74) is 0. The van der Waals surface area contributed by atoms with Crippen LogP contribution in [0.4, 0.5) is 0 Å². The van der Waals surface area contributed by atoms with Crippen molar-refractivity contribution >= 4 is 24.4 Å². The van der Waals surface area contributed by atoms with Crippen molar-refractivity contribution in [2.45, 2.75) is 24.3 Å². The van der Waals surface area contributed by atoms with Crippen LogP contribution in [0.1, 0.15) is 13.8 Å². The van der Waals surface area contributed by atoms with Crippen LogP contribution < -0.4 is 11.7 Å². The van der Waals surface area contributed by atoms with Crippen molar-refractivity contribution in [1.29, 1.82) is 0 Å². The molecule has 0 radical (unpaired) electrons. The van der Waals surface area contributed by atoms with Crippen LogP contribution in [0.25, 0.3) is 0 Å². The lowest BCUT2D eigenvalue weighted by Gasteiger charge is -1.86. The van der Waals surface area contributed by atoms with Crippen molar-refractivity contribution < 1.29 is 0 Å². The van der Waals surface area contributed by atoms with E-state index < -0.39 is 0 Å². The Labute approximate surface area is 94.2 Å². The van der Waals surface area contributed by atoms with Gasteiger partial charge >= 0.3 is 0 Å². The number of aryl methyl sites for hydroxylation is 1. The highest BCUT2D eigenvalue weighted by molar-refractivity contribution is 7.98. The van der Waals surface area contributed by atoms with Crippen LogP contribution in [-0.2, 0) is 7.05 Å². The maximum absolute atomic E-state index is 4.00. The van der Waals surface area contributed by atoms with Gasteiger partial charge < -0.3 is 0 Å². The fourth-order valence-electron chi connectivity index (χ4n) is 0.394. The first-order chi connectivity index (χ1) is 6.57. The molecule has 8 heteroatoms. The van der Waals surface area contributed by atoms with Crippen LogP contribution in [0, 0.1) is 0 Å². The molecule has 0 fully saturated rings. The molecular formula is C6H18N6S2. The zero-order valence-corrected chi connectivity index (χ0v) is 10.6. The third-order valence-corrected chi connectivity index (χ3v) is 1.47. The maximum Gasteiger partial charge on any atom is 0.208 e. The molecule has 4 N–H and O–H groups in total. The van der Waals surface area contributed by atoms with Gasteiger partial charge in [-0.05, 0) is 21.9 Å². The van der Waals surface area contributed by atoms with Crippen molar-refractivity contribution in [1.82, 2.24) is 20.2 Å². The van der Waals surface area contributed by atoms with E-state index in [0.29, 0.717) is 5.25 Å². The third kappa shape index (κ3) is 9.78. The number of hydrazine groups is 1. The zero-order valence-electron chi connectivity index (χ0n) is 8.88. The van der Waals surface area contributed by atoms with E-state index in [4.69, 9.17) is 0 Å². The van der Waals surface area contributed by atoms with Crippen molar-refractivity contribution in [3.63, 3.8) is 0 Å². The number of tetrazole rings is 1. The Balaban J connectivity index is 0. The minimum Gasteiger partial charge on any atom is -0.274 e. The molecule has 0 aliphatic carbocycles. The number of hydrogen-bond acceptors (Lipinski definition) is 7. The van der Waals surface area contributed by atoms with Gasteiger partial charge in [-0.2, -0.15) is 12.6 Å². The van der Waals surface area contributed by atoms with Crippen molar-refractivity contribution in [3.8, 4) is 0 Å². The van der Waals surface area contributed by atoms with Gasteiger partial charge in [-0.1, -0.05) is 25.6 Å². The summed E-state index contributed by atoms with van der Waals surface area (Å²) >= 11 is 5.49. The molecule has 6 nitrogen and oxygen atoms in total. The molecule has 14 heavy (non-hydrogen) atoms. The van der Waals surface area contributed by atoms with E-state index in [1.807, 2.05) is 27.2 Å². The van der Waals surface area contributed by atoms with Crippen molar-refractivity contribution in [3.05, 3.63) is 0 Å². The number of nitrogens with two attached hydrogens (primary N) is 2. The fourth-order valence-corrected chi connectivity index (χ4v) is 0.813. The first-order valence-electron chi connectivity index (χ1n) is 3.85. The Kier molecular flexibility index (Phi) is 12.4. The highest BCUT2D eigenvalue weighted by atomic mass is 32.2. The molecule has 0 unspecified atom stereocenters. The lowest BCUT2D eigenvalue weighted by atomic mass is 10.6.